The zero-order valence-electron chi connectivity index (χ0n) is 13.4. The minimum absolute atomic E-state index is 0.264. The molecule has 0 radical (unpaired) electrons. The number of halogens is 1. The van der Waals surface area contributed by atoms with Gasteiger partial charge in [0.25, 0.3) is 0 Å². The summed E-state index contributed by atoms with van der Waals surface area (Å²) < 4.78 is 18.6. The molecule has 1 aromatic rings. The Bertz CT molecular complexity index is 524. The van der Waals surface area contributed by atoms with Crippen LogP contribution in [-0.2, 0) is 6.54 Å². The van der Waals surface area contributed by atoms with Crippen molar-refractivity contribution >= 4 is 17.7 Å². The van der Waals surface area contributed by atoms with Crippen molar-refractivity contribution in [3.63, 3.8) is 0 Å². The van der Waals surface area contributed by atoms with Gasteiger partial charge in [-0.2, -0.15) is 11.8 Å². The van der Waals surface area contributed by atoms with E-state index < -0.39 is 0 Å². The number of rotatable bonds is 5. The van der Waals surface area contributed by atoms with Crippen LogP contribution in [0.25, 0.3) is 0 Å². The largest absolute Gasteiger partial charge is 0.494 e. The van der Waals surface area contributed by atoms with Crippen LogP contribution < -0.4 is 15.4 Å². The van der Waals surface area contributed by atoms with Crippen LogP contribution in [-0.4, -0.2) is 37.7 Å². The molecule has 0 saturated heterocycles. The second-order valence-electron chi connectivity index (χ2n) is 5.41. The van der Waals surface area contributed by atoms with Crippen LogP contribution in [0.15, 0.2) is 23.2 Å². The van der Waals surface area contributed by atoms with E-state index in [1.165, 1.54) is 32.4 Å². The zero-order valence-corrected chi connectivity index (χ0v) is 14.2. The normalized spacial score (nSPS) is 21.7. The third-order valence-corrected chi connectivity index (χ3v) is 5.05. The summed E-state index contributed by atoms with van der Waals surface area (Å²) >= 11 is 1.93. The van der Waals surface area contributed by atoms with Crippen molar-refractivity contribution in [2.45, 2.75) is 37.1 Å². The molecule has 6 heteroatoms. The van der Waals surface area contributed by atoms with E-state index in [4.69, 9.17) is 4.74 Å². The van der Waals surface area contributed by atoms with E-state index in [0.717, 1.165) is 16.8 Å². The van der Waals surface area contributed by atoms with Gasteiger partial charge in [0.1, 0.15) is 0 Å². The number of guanidine groups is 1. The Labute approximate surface area is 135 Å². The molecular weight excluding hydrogens is 301 g/mol. The van der Waals surface area contributed by atoms with Gasteiger partial charge in [0.2, 0.25) is 0 Å². The molecule has 0 amide bonds. The second-order valence-corrected chi connectivity index (χ2v) is 6.54. The Morgan fingerprint density at radius 2 is 2.27 bits per heavy atom. The van der Waals surface area contributed by atoms with Gasteiger partial charge in [-0.15, -0.1) is 0 Å². The molecule has 2 rings (SSSR count). The maximum absolute atomic E-state index is 13.7. The van der Waals surface area contributed by atoms with Crippen LogP contribution in [0.4, 0.5) is 4.39 Å². The van der Waals surface area contributed by atoms with E-state index in [1.807, 2.05) is 17.8 Å². The smallest absolute Gasteiger partial charge is 0.191 e. The van der Waals surface area contributed by atoms with Gasteiger partial charge in [0.05, 0.1) is 7.11 Å². The highest BCUT2D eigenvalue weighted by Crippen LogP contribution is 2.28. The van der Waals surface area contributed by atoms with Crippen molar-refractivity contribution in [3.8, 4) is 5.75 Å². The average Bonchev–Trinajstić information content (AvgIpc) is 2.99. The van der Waals surface area contributed by atoms with Gasteiger partial charge in [0, 0.05) is 24.9 Å². The van der Waals surface area contributed by atoms with Crippen LogP contribution in [0.2, 0.25) is 0 Å². The topological polar surface area (TPSA) is 45.7 Å². The predicted molar refractivity (Wildman–Crippen MR) is 91.2 cm³/mol. The van der Waals surface area contributed by atoms with Crippen LogP contribution in [0, 0.1) is 5.82 Å². The molecule has 1 aliphatic carbocycles. The minimum atomic E-state index is -0.344. The summed E-state index contributed by atoms with van der Waals surface area (Å²) in [5.74, 6) is 0.687. The first-order chi connectivity index (χ1) is 10.7. The van der Waals surface area contributed by atoms with Crippen LogP contribution in [0.5, 0.6) is 5.75 Å². The van der Waals surface area contributed by atoms with Crippen molar-refractivity contribution < 1.29 is 9.13 Å². The summed E-state index contributed by atoms with van der Waals surface area (Å²) in [5.41, 5.74) is 0.856. The molecule has 0 spiro atoms. The van der Waals surface area contributed by atoms with E-state index >= 15 is 0 Å². The maximum atomic E-state index is 13.7. The van der Waals surface area contributed by atoms with Crippen LogP contribution in [0.3, 0.4) is 0 Å². The lowest BCUT2D eigenvalue weighted by Gasteiger charge is -2.17. The molecule has 0 aromatic heterocycles. The van der Waals surface area contributed by atoms with Gasteiger partial charge in [0.15, 0.2) is 17.5 Å². The fourth-order valence-corrected chi connectivity index (χ4v) is 3.48. The third kappa shape index (κ3) is 4.53. The van der Waals surface area contributed by atoms with Gasteiger partial charge in [-0.1, -0.05) is 6.07 Å². The molecule has 22 heavy (non-hydrogen) atoms. The maximum Gasteiger partial charge on any atom is 0.191 e. The van der Waals surface area contributed by atoms with E-state index in [1.54, 1.807) is 13.1 Å². The monoisotopic (exact) mass is 325 g/mol. The molecular formula is C16H24FN3OS. The summed E-state index contributed by atoms with van der Waals surface area (Å²) in [6.07, 6.45) is 5.75. The Kier molecular flexibility index (Phi) is 6.36. The van der Waals surface area contributed by atoms with Crippen molar-refractivity contribution in [1.29, 1.82) is 0 Å². The number of nitrogens with one attached hydrogen (secondary N) is 2. The van der Waals surface area contributed by atoms with Crippen LogP contribution in [0.1, 0.15) is 24.8 Å². The molecule has 1 aliphatic rings. The average molecular weight is 325 g/mol. The molecule has 0 heterocycles. The molecule has 122 valence electrons. The highest BCUT2D eigenvalue weighted by molar-refractivity contribution is 7.99. The molecule has 1 saturated carbocycles. The van der Waals surface area contributed by atoms with E-state index in [9.17, 15) is 4.39 Å². The third-order valence-electron chi connectivity index (χ3n) is 3.96. The summed E-state index contributed by atoms with van der Waals surface area (Å²) in [6.45, 7) is 0.527. The Morgan fingerprint density at radius 1 is 1.45 bits per heavy atom. The zero-order chi connectivity index (χ0) is 15.9. The number of hydrogen-bond acceptors (Lipinski definition) is 3. The molecule has 1 fully saturated rings. The molecule has 0 bridgehead atoms. The number of hydrogen-bond donors (Lipinski definition) is 2. The van der Waals surface area contributed by atoms with Gasteiger partial charge in [-0.05, 0) is 43.2 Å². The predicted octanol–water partition coefficient (Wildman–Crippen LogP) is 2.78. The number of nitrogens with zero attached hydrogens (tertiary/aromatic N) is 1. The second kappa shape index (κ2) is 8.27. The highest BCUT2D eigenvalue weighted by atomic mass is 32.2. The minimum Gasteiger partial charge on any atom is -0.494 e. The lowest BCUT2D eigenvalue weighted by atomic mass is 10.2. The van der Waals surface area contributed by atoms with Crippen molar-refractivity contribution in [3.05, 3.63) is 29.6 Å². The van der Waals surface area contributed by atoms with Crippen molar-refractivity contribution in [2.24, 2.45) is 4.99 Å². The Hall–Kier alpha value is -1.43. The molecule has 2 unspecified atom stereocenters. The first kappa shape index (κ1) is 16.9. The van der Waals surface area contributed by atoms with E-state index in [2.05, 4.69) is 21.9 Å². The SMILES string of the molecule is CN=C(NCc1ccc(OC)c(F)c1)NC1CCC(SC)C1. The fraction of sp³-hybridized carbons (Fsp3) is 0.562. The van der Waals surface area contributed by atoms with Crippen molar-refractivity contribution in [1.82, 2.24) is 10.6 Å². The first-order valence-corrected chi connectivity index (χ1v) is 8.77. The molecule has 4 nitrogen and oxygen atoms in total. The van der Waals surface area contributed by atoms with E-state index in [-0.39, 0.29) is 11.6 Å². The number of aliphatic imine (C=N–C) groups is 1. The Morgan fingerprint density at radius 3 is 2.86 bits per heavy atom. The number of ether oxygens (including phenoxy) is 1. The first-order valence-electron chi connectivity index (χ1n) is 7.48. The molecule has 1 aromatic carbocycles. The molecule has 2 atom stereocenters. The Balaban J connectivity index is 1.85. The van der Waals surface area contributed by atoms with E-state index in [0.29, 0.717) is 12.6 Å². The summed E-state index contributed by atoms with van der Waals surface area (Å²) in [5, 5.41) is 7.42. The number of thioether (sulfide) groups is 1. The summed E-state index contributed by atoms with van der Waals surface area (Å²) in [7, 11) is 3.22. The fourth-order valence-electron chi connectivity index (χ4n) is 2.68. The van der Waals surface area contributed by atoms with Gasteiger partial charge < -0.3 is 15.4 Å². The van der Waals surface area contributed by atoms with Gasteiger partial charge >= 0.3 is 0 Å². The molecule has 0 aliphatic heterocycles. The lowest BCUT2D eigenvalue weighted by molar-refractivity contribution is 0.386. The van der Waals surface area contributed by atoms with Gasteiger partial charge in [-0.3, -0.25) is 4.99 Å². The summed E-state index contributed by atoms with van der Waals surface area (Å²) in [4.78, 5) is 4.24. The van der Waals surface area contributed by atoms with Crippen LogP contribution >= 0.6 is 11.8 Å². The van der Waals surface area contributed by atoms with Crippen molar-refractivity contribution in [2.75, 3.05) is 20.4 Å². The lowest BCUT2D eigenvalue weighted by Crippen LogP contribution is -2.42. The number of methoxy groups -OCH3 is 1. The molecule has 2 N–H and O–H groups in total. The standard InChI is InChI=1S/C16H24FN3OS/c1-18-16(20-12-5-6-13(9-12)22-3)19-10-11-4-7-15(21-2)14(17)8-11/h4,7-8,12-13H,5-6,9-10H2,1-3H3,(H2,18,19,20). The quantitative estimate of drug-likeness (QED) is 0.645. The van der Waals surface area contributed by atoms with Gasteiger partial charge in [-0.25, -0.2) is 4.39 Å². The summed E-state index contributed by atoms with van der Waals surface area (Å²) in [6, 6.07) is 5.44. The highest BCUT2D eigenvalue weighted by Gasteiger charge is 2.24. The number of benzene rings is 1.